The summed E-state index contributed by atoms with van der Waals surface area (Å²) in [7, 11) is 0. The number of benzene rings is 7. The van der Waals surface area contributed by atoms with Gasteiger partial charge in [0, 0.05) is 9.79 Å². The molecule has 7 rings (SSSR count). The number of rotatable bonds is 2. The Kier molecular flexibility index (Phi) is 4.18. The summed E-state index contributed by atoms with van der Waals surface area (Å²) in [6.07, 6.45) is 0. The van der Waals surface area contributed by atoms with E-state index in [0.29, 0.717) is 0 Å². The maximum absolute atomic E-state index is 2.39. The molecule has 0 saturated heterocycles. The van der Waals surface area contributed by atoms with Crippen molar-refractivity contribution < 1.29 is 0 Å². The SMILES string of the molecule is c1ccc(Sc2cccc3cc4ccc5cc6cc7ccccc7cc6cc5c4cc23)cc1. The van der Waals surface area contributed by atoms with E-state index in [1.807, 2.05) is 11.8 Å². The summed E-state index contributed by atoms with van der Waals surface area (Å²) in [6, 6.07) is 44.5. The fourth-order valence-corrected chi connectivity index (χ4v) is 5.93. The lowest BCUT2D eigenvalue weighted by molar-refractivity contribution is 1.44. The predicted molar refractivity (Wildman–Crippen MR) is 145 cm³/mol. The Bertz CT molecular complexity index is 1830. The molecule has 154 valence electrons. The normalized spacial score (nSPS) is 11.8. The second-order valence-electron chi connectivity index (χ2n) is 8.65. The Morgan fingerprint density at radius 3 is 1.64 bits per heavy atom. The van der Waals surface area contributed by atoms with Gasteiger partial charge in [-0.2, -0.15) is 0 Å². The van der Waals surface area contributed by atoms with E-state index in [0.717, 1.165) is 0 Å². The molecular weight excluding hydrogens is 416 g/mol. The van der Waals surface area contributed by atoms with E-state index in [1.165, 1.54) is 63.7 Å². The van der Waals surface area contributed by atoms with E-state index in [1.54, 1.807) is 0 Å². The van der Waals surface area contributed by atoms with Crippen molar-refractivity contribution in [2.24, 2.45) is 0 Å². The van der Waals surface area contributed by atoms with Gasteiger partial charge < -0.3 is 0 Å². The molecular formula is C32H20S. The second-order valence-corrected chi connectivity index (χ2v) is 9.77. The van der Waals surface area contributed by atoms with Crippen LogP contribution in [0.1, 0.15) is 0 Å². The number of fused-ring (bicyclic) bond motifs is 6. The first-order valence-corrected chi connectivity index (χ1v) is 12.1. The van der Waals surface area contributed by atoms with Crippen LogP contribution in [-0.4, -0.2) is 0 Å². The van der Waals surface area contributed by atoms with Crippen molar-refractivity contribution in [3.63, 3.8) is 0 Å². The van der Waals surface area contributed by atoms with Crippen molar-refractivity contribution in [2.45, 2.75) is 9.79 Å². The van der Waals surface area contributed by atoms with E-state index in [-0.39, 0.29) is 0 Å². The predicted octanol–water partition coefficient (Wildman–Crippen LogP) is 9.60. The summed E-state index contributed by atoms with van der Waals surface area (Å²) < 4.78 is 0. The van der Waals surface area contributed by atoms with Gasteiger partial charge >= 0.3 is 0 Å². The molecule has 0 N–H and O–H groups in total. The maximum atomic E-state index is 2.39. The quantitative estimate of drug-likeness (QED) is 0.192. The molecule has 0 nitrogen and oxygen atoms in total. The highest BCUT2D eigenvalue weighted by molar-refractivity contribution is 7.99. The molecule has 0 spiro atoms. The first kappa shape index (κ1) is 18.7. The van der Waals surface area contributed by atoms with Crippen LogP contribution < -0.4 is 0 Å². The minimum Gasteiger partial charge on any atom is -0.0895 e. The van der Waals surface area contributed by atoms with E-state index >= 15 is 0 Å². The van der Waals surface area contributed by atoms with Crippen molar-refractivity contribution in [2.75, 3.05) is 0 Å². The Morgan fingerprint density at radius 1 is 0.333 bits per heavy atom. The zero-order valence-corrected chi connectivity index (χ0v) is 18.8. The fourth-order valence-electron chi connectivity index (χ4n) is 4.95. The van der Waals surface area contributed by atoms with Crippen LogP contribution in [0.2, 0.25) is 0 Å². The summed E-state index contributed by atoms with van der Waals surface area (Å²) in [5.74, 6) is 0. The van der Waals surface area contributed by atoms with Gasteiger partial charge in [-0.05, 0) is 108 Å². The standard InChI is InChI=1S/C32H20S/c1-2-10-28(11-3-1)33-32-12-6-9-23-17-24-13-14-25-18-26-15-21-7-4-5-8-22(21)16-27(26)19-29(25)30(24)20-31(23)32/h1-20H. The van der Waals surface area contributed by atoms with Crippen molar-refractivity contribution >= 4 is 65.6 Å². The summed E-state index contributed by atoms with van der Waals surface area (Å²) in [6.45, 7) is 0. The maximum Gasteiger partial charge on any atom is 0.0201 e. The van der Waals surface area contributed by atoms with E-state index in [9.17, 15) is 0 Å². The molecule has 7 aromatic carbocycles. The molecule has 0 aliphatic rings. The van der Waals surface area contributed by atoms with Crippen LogP contribution in [0.3, 0.4) is 0 Å². The first-order valence-electron chi connectivity index (χ1n) is 11.3. The van der Waals surface area contributed by atoms with Crippen LogP contribution in [0.15, 0.2) is 131 Å². The van der Waals surface area contributed by atoms with Crippen LogP contribution in [0, 0.1) is 0 Å². The summed E-state index contributed by atoms with van der Waals surface area (Å²) >= 11 is 1.83. The summed E-state index contributed by atoms with van der Waals surface area (Å²) in [5, 5.41) is 13.0. The lowest BCUT2D eigenvalue weighted by atomic mass is 9.95. The highest BCUT2D eigenvalue weighted by atomic mass is 32.2. The molecule has 1 heteroatoms. The third-order valence-corrected chi connectivity index (χ3v) is 7.67. The Labute approximate surface area is 196 Å². The average molecular weight is 437 g/mol. The van der Waals surface area contributed by atoms with Gasteiger partial charge in [0.15, 0.2) is 0 Å². The van der Waals surface area contributed by atoms with Crippen molar-refractivity contribution in [3.8, 4) is 0 Å². The van der Waals surface area contributed by atoms with E-state index in [2.05, 4.69) is 121 Å². The lowest BCUT2D eigenvalue weighted by Crippen LogP contribution is -1.84. The molecule has 0 aliphatic heterocycles. The van der Waals surface area contributed by atoms with Crippen LogP contribution in [0.4, 0.5) is 0 Å². The van der Waals surface area contributed by atoms with E-state index in [4.69, 9.17) is 0 Å². The van der Waals surface area contributed by atoms with Crippen molar-refractivity contribution in [1.82, 2.24) is 0 Å². The van der Waals surface area contributed by atoms with E-state index < -0.39 is 0 Å². The van der Waals surface area contributed by atoms with Crippen LogP contribution in [0.5, 0.6) is 0 Å². The molecule has 0 saturated carbocycles. The monoisotopic (exact) mass is 436 g/mol. The van der Waals surface area contributed by atoms with Gasteiger partial charge in [-0.3, -0.25) is 0 Å². The minimum atomic E-state index is 1.26. The third kappa shape index (κ3) is 3.16. The Morgan fingerprint density at radius 2 is 0.879 bits per heavy atom. The van der Waals surface area contributed by atoms with Gasteiger partial charge in [-0.25, -0.2) is 0 Å². The zero-order chi connectivity index (χ0) is 21.8. The largest absolute Gasteiger partial charge is 0.0895 e. The summed E-state index contributed by atoms with van der Waals surface area (Å²) in [5.41, 5.74) is 0. The topological polar surface area (TPSA) is 0 Å². The minimum absolute atomic E-state index is 1.26. The fraction of sp³-hybridized carbons (Fsp3) is 0. The van der Waals surface area contributed by atoms with Gasteiger partial charge in [-0.1, -0.05) is 78.5 Å². The molecule has 0 radical (unpaired) electrons. The Hall–Kier alpha value is -3.81. The average Bonchev–Trinajstić information content (AvgIpc) is 2.86. The highest BCUT2D eigenvalue weighted by Crippen LogP contribution is 2.38. The van der Waals surface area contributed by atoms with Crippen molar-refractivity contribution in [1.29, 1.82) is 0 Å². The molecule has 0 aliphatic carbocycles. The first-order chi connectivity index (χ1) is 16.3. The second kappa shape index (κ2) is 7.37. The van der Waals surface area contributed by atoms with Crippen LogP contribution in [0.25, 0.3) is 53.9 Å². The van der Waals surface area contributed by atoms with Gasteiger partial charge in [0.1, 0.15) is 0 Å². The number of hydrogen-bond donors (Lipinski definition) is 0. The van der Waals surface area contributed by atoms with Crippen molar-refractivity contribution in [3.05, 3.63) is 121 Å². The molecule has 7 aromatic rings. The number of hydrogen-bond acceptors (Lipinski definition) is 1. The molecule has 0 bridgehead atoms. The van der Waals surface area contributed by atoms with Gasteiger partial charge in [0.2, 0.25) is 0 Å². The van der Waals surface area contributed by atoms with Gasteiger partial charge in [0.25, 0.3) is 0 Å². The third-order valence-electron chi connectivity index (χ3n) is 6.59. The molecule has 0 unspecified atom stereocenters. The molecule has 0 fully saturated rings. The summed E-state index contributed by atoms with van der Waals surface area (Å²) in [4.78, 5) is 2.56. The highest BCUT2D eigenvalue weighted by Gasteiger charge is 2.09. The molecule has 33 heavy (non-hydrogen) atoms. The van der Waals surface area contributed by atoms with Crippen LogP contribution >= 0.6 is 11.8 Å². The lowest BCUT2D eigenvalue weighted by Gasteiger charge is -2.11. The zero-order valence-electron chi connectivity index (χ0n) is 18.0. The molecule has 0 amide bonds. The van der Waals surface area contributed by atoms with Gasteiger partial charge in [-0.15, -0.1) is 0 Å². The van der Waals surface area contributed by atoms with Crippen LogP contribution in [-0.2, 0) is 0 Å². The molecule has 0 atom stereocenters. The van der Waals surface area contributed by atoms with Gasteiger partial charge in [0.05, 0.1) is 0 Å². The molecule has 0 heterocycles. The smallest absolute Gasteiger partial charge is 0.0201 e. The molecule has 0 aromatic heterocycles. The Balaban J connectivity index is 1.50.